The zero-order valence-electron chi connectivity index (χ0n) is 20.7. The lowest BCUT2D eigenvalue weighted by Crippen LogP contribution is -2.47. The molecule has 1 saturated heterocycles. The van der Waals surface area contributed by atoms with Gasteiger partial charge in [0.15, 0.2) is 0 Å². The van der Waals surface area contributed by atoms with Crippen LogP contribution in [0.3, 0.4) is 0 Å². The molecule has 7 heteroatoms. The minimum atomic E-state index is -0.340. The molecule has 2 fully saturated rings. The number of carbonyl (C=O) groups is 2. The molecule has 3 aromatic carbocycles. The van der Waals surface area contributed by atoms with Gasteiger partial charge in [-0.1, -0.05) is 37.3 Å². The fourth-order valence-corrected chi connectivity index (χ4v) is 5.54. The number of hydrogen-bond acceptors (Lipinski definition) is 3. The van der Waals surface area contributed by atoms with E-state index in [0.29, 0.717) is 6.42 Å². The smallest absolute Gasteiger partial charge is 0.232 e. The van der Waals surface area contributed by atoms with Crippen molar-refractivity contribution in [2.45, 2.75) is 44.7 Å². The predicted molar refractivity (Wildman–Crippen MR) is 141 cm³/mol. The van der Waals surface area contributed by atoms with Gasteiger partial charge in [0.2, 0.25) is 11.8 Å². The highest BCUT2D eigenvalue weighted by atomic mass is 19.1. The molecule has 0 radical (unpaired) electrons. The van der Waals surface area contributed by atoms with E-state index in [1.165, 1.54) is 12.1 Å². The van der Waals surface area contributed by atoms with Crippen molar-refractivity contribution in [3.05, 3.63) is 90.4 Å². The van der Waals surface area contributed by atoms with Gasteiger partial charge in [0, 0.05) is 17.0 Å². The molecule has 0 spiro atoms. The molecule has 4 aromatic rings. The Morgan fingerprint density at radius 1 is 1.03 bits per heavy atom. The number of aromatic nitrogens is 2. The number of anilines is 1. The maximum atomic E-state index is 14.0. The first-order valence-corrected chi connectivity index (χ1v) is 12.9. The maximum absolute atomic E-state index is 14.0. The highest BCUT2D eigenvalue weighted by molar-refractivity contribution is 6.01. The molecule has 188 valence electrons. The largest absolute Gasteiger partial charge is 0.350 e. The normalized spacial score (nSPS) is 21.5. The number of benzene rings is 3. The third kappa shape index (κ3) is 4.39. The molecule has 6 rings (SSSR count). The molecule has 0 bridgehead atoms. The Morgan fingerprint density at radius 2 is 1.76 bits per heavy atom. The first kappa shape index (κ1) is 23.4. The van der Waals surface area contributed by atoms with E-state index < -0.39 is 0 Å². The molecule has 1 aliphatic carbocycles. The van der Waals surface area contributed by atoms with Crippen LogP contribution in [0.25, 0.3) is 16.6 Å². The van der Waals surface area contributed by atoms with Crippen molar-refractivity contribution in [1.82, 2.24) is 15.1 Å². The van der Waals surface area contributed by atoms with Crippen molar-refractivity contribution in [3.63, 3.8) is 0 Å². The summed E-state index contributed by atoms with van der Waals surface area (Å²) in [4.78, 5) is 28.7. The standard InChI is InChI=1S/C30H29FN4O2/c1-2-26-28(33-29(36)20-8-9-20)25(16-19-6-4-3-5-7-19)30(37)34(26)24-14-15-27-21(17-24)18-32-35(27)23-12-10-22(31)11-13-23/h3-7,10-15,17-18,20,25-26,28H,2,8-9,16H2,1H3,(H,33,36)/t25-,26+,28-/m0/s1. The van der Waals surface area contributed by atoms with Crippen LogP contribution in [0.15, 0.2) is 79.0 Å². The van der Waals surface area contributed by atoms with E-state index >= 15 is 0 Å². The summed E-state index contributed by atoms with van der Waals surface area (Å²) in [5.74, 6) is -0.469. The molecule has 1 aromatic heterocycles. The number of nitrogens with zero attached hydrogens (tertiary/aromatic N) is 3. The molecule has 1 aliphatic heterocycles. The Kier molecular flexibility index (Phi) is 5.99. The lowest BCUT2D eigenvalue weighted by molar-refractivity contribution is -0.124. The lowest BCUT2D eigenvalue weighted by atomic mass is 9.90. The van der Waals surface area contributed by atoms with Crippen LogP contribution in [0.1, 0.15) is 31.7 Å². The first-order valence-electron chi connectivity index (χ1n) is 12.9. The molecule has 0 unspecified atom stereocenters. The minimum Gasteiger partial charge on any atom is -0.350 e. The average molecular weight is 497 g/mol. The molecule has 6 nitrogen and oxygen atoms in total. The Morgan fingerprint density at radius 3 is 2.46 bits per heavy atom. The van der Waals surface area contributed by atoms with Crippen LogP contribution >= 0.6 is 0 Å². The Labute approximate surface area is 215 Å². The highest BCUT2D eigenvalue weighted by Crippen LogP contribution is 2.37. The second-order valence-corrected chi connectivity index (χ2v) is 10.1. The number of nitrogens with one attached hydrogen (secondary N) is 1. The number of carbonyl (C=O) groups excluding carboxylic acids is 2. The van der Waals surface area contributed by atoms with Gasteiger partial charge in [-0.2, -0.15) is 5.10 Å². The summed E-state index contributed by atoms with van der Waals surface area (Å²) >= 11 is 0. The zero-order valence-corrected chi connectivity index (χ0v) is 20.7. The Balaban J connectivity index is 1.35. The number of hydrogen-bond donors (Lipinski definition) is 1. The van der Waals surface area contributed by atoms with Gasteiger partial charge in [0.05, 0.1) is 35.4 Å². The SMILES string of the molecule is CC[C@@H]1[C@@H](NC(=O)C2CC2)[C@H](Cc2ccccc2)C(=O)N1c1ccc2c(cnn2-c2ccc(F)cc2)c1. The number of halogens is 1. The van der Waals surface area contributed by atoms with E-state index in [-0.39, 0.29) is 41.6 Å². The van der Waals surface area contributed by atoms with Gasteiger partial charge >= 0.3 is 0 Å². The van der Waals surface area contributed by atoms with Crippen molar-refractivity contribution in [3.8, 4) is 5.69 Å². The van der Waals surface area contributed by atoms with E-state index in [1.807, 2.05) is 53.4 Å². The van der Waals surface area contributed by atoms with Crippen LogP contribution in [0, 0.1) is 17.7 Å². The molecule has 2 amide bonds. The third-order valence-electron chi connectivity index (χ3n) is 7.61. The van der Waals surface area contributed by atoms with Gasteiger partial charge in [-0.15, -0.1) is 0 Å². The van der Waals surface area contributed by atoms with Gasteiger partial charge in [-0.05, 0) is 73.7 Å². The lowest BCUT2D eigenvalue weighted by Gasteiger charge is -2.28. The van der Waals surface area contributed by atoms with Gasteiger partial charge < -0.3 is 10.2 Å². The van der Waals surface area contributed by atoms with Crippen molar-refractivity contribution < 1.29 is 14.0 Å². The van der Waals surface area contributed by atoms with Gasteiger partial charge in [-0.25, -0.2) is 9.07 Å². The monoisotopic (exact) mass is 496 g/mol. The molecule has 3 atom stereocenters. The minimum absolute atomic E-state index is 0.0297. The van der Waals surface area contributed by atoms with Crippen LogP contribution in [0.4, 0.5) is 10.1 Å². The summed E-state index contributed by atoms with van der Waals surface area (Å²) in [5.41, 5.74) is 3.51. The Bertz CT molecular complexity index is 1450. The van der Waals surface area contributed by atoms with Crippen LogP contribution < -0.4 is 10.2 Å². The number of rotatable bonds is 7. The number of amides is 2. The van der Waals surface area contributed by atoms with Crippen molar-refractivity contribution in [1.29, 1.82) is 0 Å². The third-order valence-corrected chi connectivity index (χ3v) is 7.61. The van der Waals surface area contributed by atoms with Crippen molar-refractivity contribution in [2.24, 2.45) is 11.8 Å². The van der Waals surface area contributed by atoms with E-state index in [4.69, 9.17) is 0 Å². The van der Waals surface area contributed by atoms with Gasteiger partial charge in [0.25, 0.3) is 0 Å². The van der Waals surface area contributed by atoms with Crippen LogP contribution in [-0.2, 0) is 16.0 Å². The summed E-state index contributed by atoms with van der Waals surface area (Å²) in [6, 6.07) is 21.7. The Hall–Kier alpha value is -4.00. The number of fused-ring (bicyclic) bond motifs is 1. The fraction of sp³-hybridized carbons (Fsp3) is 0.300. The molecule has 2 heterocycles. The predicted octanol–water partition coefficient (Wildman–Crippen LogP) is 5.04. The van der Waals surface area contributed by atoms with Crippen molar-refractivity contribution >= 4 is 28.4 Å². The molecule has 1 saturated carbocycles. The van der Waals surface area contributed by atoms with Gasteiger partial charge in [0.1, 0.15) is 5.82 Å². The molecular weight excluding hydrogens is 467 g/mol. The second kappa shape index (κ2) is 9.47. The quantitative estimate of drug-likeness (QED) is 0.390. The molecule has 1 N–H and O–H groups in total. The summed E-state index contributed by atoms with van der Waals surface area (Å²) in [6.45, 7) is 2.07. The fourth-order valence-electron chi connectivity index (χ4n) is 5.54. The topological polar surface area (TPSA) is 67.2 Å². The second-order valence-electron chi connectivity index (χ2n) is 10.1. The van der Waals surface area contributed by atoms with E-state index in [0.717, 1.165) is 47.1 Å². The zero-order chi connectivity index (χ0) is 25.5. The average Bonchev–Trinajstić information content (AvgIpc) is 3.64. The van der Waals surface area contributed by atoms with E-state index in [2.05, 4.69) is 17.3 Å². The van der Waals surface area contributed by atoms with E-state index in [9.17, 15) is 14.0 Å². The molecule has 2 aliphatic rings. The van der Waals surface area contributed by atoms with Crippen LogP contribution in [0.2, 0.25) is 0 Å². The molecule has 37 heavy (non-hydrogen) atoms. The molecular formula is C30H29FN4O2. The summed E-state index contributed by atoms with van der Waals surface area (Å²) < 4.78 is 15.2. The maximum Gasteiger partial charge on any atom is 0.232 e. The van der Waals surface area contributed by atoms with Crippen molar-refractivity contribution in [2.75, 3.05) is 4.90 Å². The highest BCUT2D eigenvalue weighted by Gasteiger charge is 2.49. The summed E-state index contributed by atoms with van der Waals surface area (Å²) in [7, 11) is 0. The summed E-state index contributed by atoms with van der Waals surface area (Å²) in [6.07, 6.45) is 4.90. The first-order chi connectivity index (χ1) is 18.0. The van der Waals surface area contributed by atoms with E-state index in [1.54, 1.807) is 23.0 Å². The van der Waals surface area contributed by atoms with Crippen LogP contribution in [-0.4, -0.2) is 33.7 Å². The van der Waals surface area contributed by atoms with Crippen LogP contribution in [0.5, 0.6) is 0 Å². The summed E-state index contributed by atoms with van der Waals surface area (Å²) in [5, 5.41) is 8.65. The van der Waals surface area contributed by atoms with Gasteiger partial charge in [-0.3, -0.25) is 9.59 Å².